The van der Waals surface area contributed by atoms with Crippen molar-refractivity contribution in [3.8, 4) is 0 Å². The van der Waals surface area contributed by atoms with Crippen LogP contribution < -0.4 is 5.32 Å². The van der Waals surface area contributed by atoms with Crippen molar-refractivity contribution in [3.63, 3.8) is 0 Å². The first-order valence-corrected chi connectivity index (χ1v) is 11.0. The van der Waals surface area contributed by atoms with Gasteiger partial charge in [0, 0.05) is 5.69 Å². The molecular formula is C21H16Cl2FN3O3S. The van der Waals surface area contributed by atoms with Gasteiger partial charge < -0.3 is 10.2 Å². The zero-order chi connectivity index (χ0) is 22.1. The van der Waals surface area contributed by atoms with Gasteiger partial charge in [-0.15, -0.1) is 11.8 Å². The molecule has 4 rings (SSSR count). The molecule has 2 aliphatic heterocycles. The van der Waals surface area contributed by atoms with E-state index in [0.29, 0.717) is 21.3 Å². The van der Waals surface area contributed by atoms with E-state index in [2.05, 4.69) is 5.32 Å². The van der Waals surface area contributed by atoms with Gasteiger partial charge in [0.05, 0.1) is 22.6 Å². The Hall–Kier alpha value is -2.55. The summed E-state index contributed by atoms with van der Waals surface area (Å²) in [5.41, 5.74) is 1.05. The fourth-order valence-electron chi connectivity index (χ4n) is 3.41. The molecule has 1 N–H and O–H groups in total. The lowest BCUT2D eigenvalue weighted by Crippen LogP contribution is -2.62. The van der Waals surface area contributed by atoms with E-state index in [9.17, 15) is 18.8 Å². The van der Waals surface area contributed by atoms with Crippen LogP contribution in [0.25, 0.3) is 0 Å². The number of hydrogen-bond donors (Lipinski definition) is 1. The van der Waals surface area contributed by atoms with Gasteiger partial charge in [-0.2, -0.15) is 0 Å². The van der Waals surface area contributed by atoms with Crippen molar-refractivity contribution in [2.45, 2.75) is 17.8 Å². The van der Waals surface area contributed by atoms with Crippen molar-refractivity contribution in [1.29, 1.82) is 0 Å². The highest BCUT2D eigenvalue weighted by Crippen LogP contribution is 2.35. The molecule has 10 heteroatoms. The van der Waals surface area contributed by atoms with Gasteiger partial charge in [0.25, 0.3) is 0 Å². The summed E-state index contributed by atoms with van der Waals surface area (Å²) >= 11 is 13.2. The molecule has 2 aromatic carbocycles. The maximum absolute atomic E-state index is 13.2. The summed E-state index contributed by atoms with van der Waals surface area (Å²) in [4.78, 5) is 41.1. The molecule has 6 nitrogen and oxygen atoms in total. The zero-order valence-electron chi connectivity index (χ0n) is 15.9. The summed E-state index contributed by atoms with van der Waals surface area (Å²) in [5, 5.41) is 4.56. The molecule has 2 atom stereocenters. The standard InChI is InChI=1S/C21H16Cl2FN3O3S/c22-15-6-5-14(9-16(15)23)25-18(28)11-26-17-7-8-31-19(17)20(29)27(21(26)30)10-12-1-3-13(24)4-2-12/h1-9,17,19H,10-11H2,(H,25,28). The van der Waals surface area contributed by atoms with E-state index in [1.165, 1.54) is 47.0 Å². The number of fused-ring (bicyclic) bond motifs is 1. The summed E-state index contributed by atoms with van der Waals surface area (Å²) in [5.74, 6) is -1.18. The number of hydrogen-bond acceptors (Lipinski definition) is 4. The van der Waals surface area contributed by atoms with Crippen LogP contribution in [0.4, 0.5) is 14.9 Å². The third-order valence-corrected chi connectivity index (χ3v) is 6.76. The second-order valence-corrected chi connectivity index (χ2v) is 8.88. The number of carbonyl (C=O) groups is 3. The summed E-state index contributed by atoms with van der Waals surface area (Å²) in [6.45, 7) is -0.259. The Morgan fingerprint density at radius 1 is 1.10 bits per heavy atom. The molecule has 2 aromatic rings. The van der Waals surface area contributed by atoms with E-state index >= 15 is 0 Å². The SMILES string of the molecule is O=C(CN1C(=O)N(Cc2ccc(F)cc2)C(=O)C2SC=CC21)Nc1ccc(Cl)c(Cl)c1. The third-order valence-electron chi connectivity index (χ3n) is 4.93. The van der Waals surface area contributed by atoms with Crippen LogP contribution in [0.1, 0.15) is 5.56 Å². The minimum absolute atomic E-state index is 0.00730. The number of imide groups is 1. The number of urea groups is 1. The Morgan fingerprint density at radius 3 is 2.55 bits per heavy atom. The van der Waals surface area contributed by atoms with Crippen LogP contribution in [0.3, 0.4) is 0 Å². The Bertz CT molecular complexity index is 1080. The minimum Gasteiger partial charge on any atom is -0.324 e. The second-order valence-electron chi connectivity index (χ2n) is 7.01. The molecule has 4 amide bonds. The molecule has 160 valence electrons. The number of anilines is 1. The quantitative estimate of drug-likeness (QED) is 0.683. The number of thioether (sulfide) groups is 1. The van der Waals surface area contributed by atoms with Gasteiger partial charge in [-0.1, -0.05) is 41.4 Å². The first kappa shape index (κ1) is 21.7. The van der Waals surface area contributed by atoms with Gasteiger partial charge in [0.1, 0.15) is 17.6 Å². The molecule has 2 aliphatic rings. The van der Waals surface area contributed by atoms with E-state index in [4.69, 9.17) is 23.2 Å². The average Bonchev–Trinajstić information content (AvgIpc) is 3.23. The number of halogens is 3. The normalized spacial score (nSPS) is 20.2. The van der Waals surface area contributed by atoms with Crippen LogP contribution in [0.2, 0.25) is 10.0 Å². The van der Waals surface area contributed by atoms with Crippen LogP contribution in [-0.4, -0.2) is 45.5 Å². The average molecular weight is 480 g/mol. The van der Waals surface area contributed by atoms with Gasteiger partial charge >= 0.3 is 6.03 Å². The Kier molecular flexibility index (Phi) is 6.22. The molecule has 0 radical (unpaired) electrons. The van der Waals surface area contributed by atoms with Gasteiger partial charge in [0.2, 0.25) is 11.8 Å². The van der Waals surface area contributed by atoms with E-state index in [0.717, 1.165) is 4.90 Å². The van der Waals surface area contributed by atoms with Gasteiger partial charge in [-0.3, -0.25) is 14.5 Å². The van der Waals surface area contributed by atoms with E-state index in [1.54, 1.807) is 23.6 Å². The van der Waals surface area contributed by atoms with Gasteiger partial charge in [-0.05, 0) is 41.3 Å². The lowest BCUT2D eigenvalue weighted by atomic mass is 10.1. The molecule has 31 heavy (non-hydrogen) atoms. The van der Waals surface area contributed by atoms with Crippen molar-refractivity contribution in [2.75, 3.05) is 11.9 Å². The fourth-order valence-corrected chi connectivity index (χ4v) is 4.78. The zero-order valence-corrected chi connectivity index (χ0v) is 18.3. The largest absolute Gasteiger partial charge is 0.328 e. The maximum atomic E-state index is 13.2. The molecule has 0 aromatic heterocycles. The van der Waals surface area contributed by atoms with Crippen LogP contribution in [-0.2, 0) is 16.1 Å². The number of carbonyl (C=O) groups excluding carboxylic acids is 3. The summed E-state index contributed by atoms with van der Waals surface area (Å²) in [7, 11) is 0. The molecule has 2 unspecified atom stereocenters. The first-order chi connectivity index (χ1) is 14.8. The number of nitrogens with one attached hydrogen (secondary N) is 1. The topological polar surface area (TPSA) is 69.7 Å². The van der Waals surface area contributed by atoms with Crippen molar-refractivity contribution in [1.82, 2.24) is 9.80 Å². The predicted octanol–water partition coefficient (Wildman–Crippen LogP) is 4.53. The lowest BCUT2D eigenvalue weighted by molar-refractivity contribution is -0.132. The summed E-state index contributed by atoms with van der Waals surface area (Å²) < 4.78 is 13.2. The molecule has 0 bridgehead atoms. The Morgan fingerprint density at radius 2 is 1.84 bits per heavy atom. The molecule has 1 fully saturated rings. The summed E-state index contributed by atoms with van der Waals surface area (Å²) in [6.07, 6.45) is 1.74. The monoisotopic (exact) mass is 479 g/mol. The van der Waals surface area contributed by atoms with Crippen molar-refractivity contribution in [3.05, 3.63) is 75.4 Å². The highest BCUT2D eigenvalue weighted by Gasteiger charge is 2.47. The molecular weight excluding hydrogens is 464 g/mol. The van der Waals surface area contributed by atoms with E-state index in [1.807, 2.05) is 0 Å². The second kappa shape index (κ2) is 8.90. The molecule has 0 aliphatic carbocycles. The molecule has 0 saturated carbocycles. The third kappa shape index (κ3) is 4.56. The predicted molar refractivity (Wildman–Crippen MR) is 118 cm³/mol. The summed E-state index contributed by atoms with van der Waals surface area (Å²) in [6, 6.07) is 9.15. The Labute approximate surface area is 192 Å². The van der Waals surface area contributed by atoms with E-state index in [-0.39, 0.29) is 19.0 Å². The van der Waals surface area contributed by atoms with Gasteiger partial charge in [0.15, 0.2) is 0 Å². The van der Waals surface area contributed by atoms with Crippen LogP contribution in [0.5, 0.6) is 0 Å². The smallest absolute Gasteiger partial charge is 0.324 e. The first-order valence-electron chi connectivity index (χ1n) is 9.27. The number of rotatable bonds is 5. The minimum atomic E-state index is -0.577. The van der Waals surface area contributed by atoms with Crippen molar-refractivity contribution in [2.24, 2.45) is 0 Å². The van der Waals surface area contributed by atoms with Gasteiger partial charge in [-0.25, -0.2) is 9.18 Å². The molecule has 0 spiro atoms. The Balaban J connectivity index is 1.52. The molecule has 1 saturated heterocycles. The van der Waals surface area contributed by atoms with Crippen LogP contribution in [0.15, 0.2) is 53.9 Å². The van der Waals surface area contributed by atoms with Crippen LogP contribution >= 0.6 is 35.0 Å². The maximum Gasteiger partial charge on any atom is 0.328 e. The van der Waals surface area contributed by atoms with Crippen molar-refractivity contribution >= 4 is 58.5 Å². The lowest BCUT2D eigenvalue weighted by Gasteiger charge is -2.40. The van der Waals surface area contributed by atoms with E-state index < -0.39 is 29.0 Å². The number of nitrogens with zero attached hydrogens (tertiary/aromatic N) is 2. The number of benzene rings is 2. The van der Waals surface area contributed by atoms with Crippen LogP contribution in [0, 0.1) is 5.82 Å². The van der Waals surface area contributed by atoms with Crippen molar-refractivity contribution < 1.29 is 18.8 Å². The highest BCUT2D eigenvalue weighted by atomic mass is 35.5. The highest BCUT2D eigenvalue weighted by molar-refractivity contribution is 8.03. The fraction of sp³-hybridized carbons (Fsp3) is 0.190. The number of amides is 4. The molecule has 2 heterocycles.